The molecule has 228 valence electrons. The van der Waals surface area contributed by atoms with Crippen LogP contribution >= 0.6 is 0 Å². The van der Waals surface area contributed by atoms with Gasteiger partial charge in [-0.3, -0.25) is 0 Å². The van der Waals surface area contributed by atoms with Gasteiger partial charge in [-0.15, -0.1) is 0 Å². The lowest BCUT2D eigenvalue weighted by atomic mass is 9.92. The van der Waals surface area contributed by atoms with Gasteiger partial charge in [0, 0.05) is 18.4 Å². The van der Waals surface area contributed by atoms with Crippen LogP contribution in [0, 0.1) is 0 Å². The molecule has 10 heteroatoms. The van der Waals surface area contributed by atoms with Crippen molar-refractivity contribution in [3.63, 3.8) is 0 Å². The predicted molar refractivity (Wildman–Crippen MR) is 160 cm³/mol. The molecule has 0 saturated carbocycles. The Hall–Kier alpha value is -3.34. The second-order valence-corrected chi connectivity index (χ2v) is 16.3. The number of rotatable bonds is 12. The number of ether oxygens (including phenoxy) is 3. The van der Waals surface area contributed by atoms with Gasteiger partial charge < -0.3 is 24.0 Å². The van der Waals surface area contributed by atoms with Crippen molar-refractivity contribution in [3.05, 3.63) is 96.1 Å². The minimum atomic E-state index is -5.09. The second kappa shape index (κ2) is 13.3. The lowest BCUT2D eigenvalue weighted by Crippen LogP contribution is -2.53. The molecule has 0 heterocycles. The van der Waals surface area contributed by atoms with E-state index >= 15 is 0 Å². The van der Waals surface area contributed by atoms with Crippen molar-refractivity contribution in [1.29, 1.82) is 0 Å². The molecule has 0 aromatic heterocycles. The van der Waals surface area contributed by atoms with E-state index in [1.54, 1.807) is 37.4 Å². The predicted octanol–water partition coefficient (Wildman–Crippen LogP) is 7.89. The number of methoxy groups -OCH3 is 2. The SMILES string of the molecule is COc1ccc(N[C@H](COC(=O)[C@](OC)(c2ccccc2)C(F)(F)F)[C@H](O[Si](C)(C)C(C)(C)C)c2ccccc2)cc1. The Morgan fingerprint density at radius 1 is 0.857 bits per heavy atom. The first kappa shape index (κ1) is 33.2. The first-order chi connectivity index (χ1) is 19.7. The van der Waals surface area contributed by atoms with Crippen LogP contribution in [0.1, 0.15) is 38.0 Å². The van der Waals surface area contributed by atoms with Crippen molar-refractivity contribution in [2.45, 2.75) is 62.8 Å². The molecule has 0 bridgehead atoms. The Morgan fingerprint density at radius 2 is 1.40 bits per heavy atom. The summed E-state index contributed by atoms with van der Waals surface area (Å²) in [5.74, 6) is -0.928. The van der Waals surface area contributed by atoms with Gasteiger partial charge in [0.1, 0.15) is 12.4 Å². The Kier molecular flexibility index (Phi) is 10.5. The fraction of sp³-hybridized carbons (Fsp3) is 0.406. The van der Waals surface area contributed by atoms with E-state index in [0.717, 1.165) is 12.7 Å². The Balaban J connectivity index is 2.06. The third-order valence-electron chi connectivity index (χ3n) is 7.73. The monoisotopic (exact) mass is 603 g/mol. The number of esters is 1. The molecule has 6 nitrogen and oxygen atoms in total. The van der Waals surface area contributed by atoms with Gasteiger partial charge in [-0.2, -0.15) is 13.2 Å². The summed E-state index contributed by atoms with van der Waals surface area (Å²) in [6.45, 7) is 10.0. The first-order valence-electron chi connectivity index (χ1n) is 13.6. The summed E-state index contributed by atoms with van der Waals surface area (Å²) in [7, 11) is -0.0294. The Labute approximate surface area is 247 Å². The number of hydrogen-bond acceptors (Lipinski definition) is 6. The van der Waals surface area contributed by atoms with Crippen LogP contribution in [0.2, 0.25) is 18.1 Å². The van der Waals surface area contributed by atoms with Crippen LogP contribution in [0.4, 0.5) is 18.9 Å². The number of benzene rings is 3. The molecule has 3 atom stereocenters. The van der Waals surface area contributed by atoms with Crippen molar-refractivity contribution < 1.29 is 36.6 Å². The number of carbonyl (C=O) groups is 1. The van der Waals surface area contributed by atoms with E-state index in [1.807, 2.05) is 30.3 Å². The fourth-order valence-electron chi connectivity index (χ4n) is 4.28. The third-order valence-corrected chi connectivity index (χ3v) is 12.2. The topological polar surface area (TPSA) is 66.0 Å². The molecule has 0 spiro atoms. The second-order valence-electron chi connectivity index (χ2n) is 11.5. The average molecular weight is 604 g/mol. The van der Waals surface area contributed by atoms with Gasteiger partial charge in [-0.05, 0) is 48.0 Å². The zero-order valence-electron chi connectivity index (χ0n) is 25.1. The van der Waals surface area contributed by atoms with E-state index in [2.05, 4.69) is 39.2 Å². The summed E-state index contributed by atoms with van der Waals surface area (Å²) in [4.78, 5) is 13.4. The van der Waals surface area contributed by atoms with E-state index in [-0.39, 0.29) is 10.6 Å². The van der Waals surface area contributed by atoms with Crippen LogP contribution < -0.4 is 10.1 Å². The number of nitrogens with one attached hydrogen (secondary N) is 1. The lowest BCUT2D eigenvalue weighted by Gasteiger charge is -2.42. The van der Waals surface area contributed by atoms with E-state index in [9.17, 15) is 18.0 Å². The minimum absolute atomic E-state index is 0.170. The largest absolute Gasteiger partial charge is 0.497 e. The van der Waals surface area contributed by atoms with E-state index < -0.39 is 44.8 Å². The van der Waals surface area contributed by atoms with Crippen LogP contribution in [0.5, 0.6) is 5.75 Å². The molecule has 3 aromatic carbocycles. The van der Waals surface area contributed by atoms with Crippen LogP contribution in [0.25, 0.3) is 0 Å². The summed E-state index contributed by atoms with van der Waals surface area (Å²) >= 11 is 0. The molecule has 42 heavy (non-hydrogen) atoms. The smallest absolute Gasteiger partial charge is 0.432 e. The minimum Gasteiger partial charge on any atom is -0.497 e. The maximum atomic E-state index is 14.6. The maximum absolute atomic E-state index is 14.6. The Bertz CT molecular complexity index is 1280. The quantitative estimate of drug-likeness (QED) is 0.168. The highest BCUT2D eigenvalue weighted by Crippen LogP contribution is 2.44. The maximum Gasteiger partial charge on any atom is 0.432 e. The van der Waals surface area contributed by atoms with Gasteiger partial charge in [0.15, 0.2) is 8.32 Å². The van der Waals surface area contributed by atoms with Gasteiger partial charge in [-0.25, -0.2) is 4.79 Å². The summed E-state index contributed by atoms with van der Waals surface area (Å²) in [5.41, 5.74) is -2.24. The zero-order chi connectivity index (χ0) is 31.2. The van der Waals surface area contributed by atoms with Gasteiger partial charge in [-0.1, -0.05) is 81.4 Å². The standard InChI is InChI=1S/C32H40F3NO5Si/c1-30(2,3)42(6,7)41-28(23-14-10-8-11-15-23)27(36-25-18-20-26(38-4)21-19-25)22-40-29(37)31(39-5,32(33,34)35)24-16-12-9-13-17-24/h8-21,27-28,36H,22H2,1-7H3/t27-,28-,31-/m1/s1. The summed E-state index contributed by atoms with van der Waals surface area (Å²) in [6.07, 6.45) is -5.75. The molecule has 0 amide bonds. The van der Waals surface area contributed by atoms with Crippen LogP contribution in [0.15, 0.2) is 84.9 Å². The third kappa shape index (κ3) is 7.35. The van der Waals surface area contributed by atoms with Crippen LogP contribution in [-0.4, -0.2) is 47.3 Å². The number of hydrogen-bond donors (Lipinski definition) is 1. The molecule has 0 unspecified atom stereocenters. The van der Waals surface area contributed by atoms with Gasteiger partial charge in [0.25, 0.3) is 5.60 Å². The van der Waals surface area contributed by atoms with E-state index in [1.165, 1.54) is 24.3 Å². The number of halogens is 3. The molecule has 3 aromatic rings. The molecule has 0 aliphatic carbocycles. The van der Waals surface area contributed by atoms with Crippen molar-refractivity contribution in [2.24, 2.45) is 0 Å². The molecule has 1 N–H and O–H groups in total. The fourth-order valence-corrected chi connectivity index (χ4v) is 5.57. The Morgan fingerprint density at radius 3 is 1.88 bits per heavy atom. The number of alkyl halides is 3. The van der Waals surface area contributed by atoms with E-state index in [0.29, 0.717) is 11.4 Å². The first-order valence-corrected chi connectivity index (χ1v) is 16.5. The van der Waals surface area contributed by atoms with Gasteiger partial charge in [0.2, 0.25) is 0 Å². The van der Waals surface area contributed by atoms with Crippen molar-refractivity contribution in [2.75, 3.05) is 26.1 Å². The van der Waals surface area contributed by atoms with Gasteiger partial charge >= 0.3 is 12.1 Å². The van der Waals surface area contributed by atoms with Crippen molar-refractivity contribution in [1.82, 2.24) is 0 Å². The summed E-state index contributed by atoms with van der Waals surface area (Å²) < 4.78 is 66.3. The van der Waals surface area contributed by atoms with E-state index in [4.69, 9.17) is 18.6 Å². The highest BCUT2D eigenvalue weighted by atomic mass is 28.4. The zero-order valence-corrected chi connectivity index (χ0v) is 26.1. The molecule has 0 aliphatic heterocycles. The van der Waals surface area contributed by atoms with Gasteiger partial charge in [0.05, 0.1) is 19.3 Å². The lowest BCUT2D eigenvalue weighted by molar-refractivity contribution is -0.276. The summed E-state index contributed by atoms with van der Waals surface area (Å²) in [6, 6.07) is 22.5. The highest BCUT2D eigenvalue weighted by Gasteiger charge is 2.64. The molecular weight excluding hydrogens is 563 g/mol. The highest BCUT2D eigenvalue weighted by molar-refractivity contribution is 6.74. The number of carbonyl (C=O) groups excluding carboxylic acids is 1. The molecule has 0 aliphatic rings. The van der Waals surface area contributed by atoms with Crippen LogP contribution in [0.3, 0.4) is 0 Å². The molecule has 0 fully saturated rings. The number of anilines is 1. The average Bonchev–Trinajstić information content (AvgIpc) is 2.95. The van der Waals surface area contributed by atoms with Crippen molar-refractivity contribution >= 4 is 20.0 Å². The van der Waals surface area contributed by atoms with Crippen LogP contribution in [-0.2, 0) is 24.3 Å². The molecular formula is C32H40F3NO5Si. The molecule has 0 saturated heterocycles. The molecule has 0 radical (unpaired) electrons. The summed E-state index contributed by atoms with van der Waals surface area (Å²) in [5, 5.41) is 3.18. The molecule has 3 rings (SSSR count). The normalized spacial score (nSPS) is 15.3. The van der Waals surface area contributed by atoms with Crippen molar-refractivity contribution in [3.8, 4) is 5.75 Å².